The molecule has 0 amide bonds. The van der Waals surface area contributed by atoms with Crippen LogP contribution in [-0.4, -0.2) is 34.1 Å². The number of carboxylic acids is 1. The number of hydrogen-bond acceptors (Lipinski definition) is 5. The van der Waals surface area contributed by atoms with Crippen molar-refractivity contribution >= 4 is 23.0 Å². The lowest BCUT2D eigenvalue weighted by molar-refractivity contribution is 0.0597. The molecule has 0 spiro atoms. The fourth-order valence-electron chi connectivity index (χ4n) is 2.20. The van der Waals surface area contributed by atoms with Gasteiger partial charge in [-0.05, 0) is 18.2 Å². The molecule has 24 heavy (non-hydrogen) atoms. The van der Waals surface area contributed by atoms with E-state index < -0.39 is 17.8 Å². The number of esters is 1. The van der Waals surface area contributed by atoms with Crippen molar-refractivity contribution in [3.63, 3.8) is 0 Å². The smallest absolute Gasteiger partial charge is 0.341 e. The fourth-order valence-corrected chi connectivity index (χ4v) is 2.20. The summed E-state index contributed by atoms with van der Waals surface area (Å²) in [5.41, 5.74) is 0.425. The van der Waals surface area contributed by atoms with Gasteiger partial charge in [0.15, 0.2) is 0 Å². The second-order valence-corrected chi connectivity index (χ2v) is 4.81. The maximum Gasteiger partial charge on any atom is 0.341 e. The molecule has 0 saturated carbocycles. The van der Waals surface area contributed by atoms with E-state index in [1.807, 2.05) is 0 Å². The number of aromatic carboxylic acids is 1. The number of H-pyrrole nitrogens is 1. The van der Waals surface area contributed by atoms with Crippen molar-refractivity contribution < 1.29 is 28.6 Å². The summed E-state index contributed by atoms with van der Waals surface area (Å²) in [7, 11) is 1.20. The molecule has 0 saturated heterocycles. The van der Waals surface area contributed by atoms with Gasteiger partial charge in [-0.1, -0.05) is 0 Å². The van der Waals surface area contributed by atoms with Crippen molar-refractivity contribution in [2.75, 3.05) is 7.11 Å². The maximum atomic E-state index is 13.5. The minimum absolute atomic E-state index is 0.0235. The Bertz CT molecular complexity index is 951. The van der Waals surface area contributed by atoms with Crippen molar-refractivity contribution in [1.29, 1.82) is 0 Å². The maximum absolute atomic E-state index is 13.5. The molecule has 0 atom stereocenters. The van der Waals surface area contributed by atoms with E-state index in [1.165, 1.54) is 31.6 Å². The number of methoxy groups -OCH3 is 1. The summed E-state index contributed by atoms with van der Waals surface area (Å²) in [5.74, 6) is -2.32. The van der Waals surface area contributed by atoms with Gasteiger partial charge in [-0.3, -0.25) is 0 Å². The van der Waals surface area contributed by atoms with Gasteiger partial charge in [-0.25, -0.2) is 19.0 Å². The Balaban J connectivity index is 2.04. The molecule has 2 heterocycles. The van der Waals surface area contributed by atoms with Crippen LogP contribution in [0, 0.1) is 5.82 Å². The normalized spacial score (nSPS) is 10.6. The van der Waals surface area contributed by atoms with E-state index in [1.54, 1.807) is 0 Å². The number of rotatable bonds is 4. The number of nitrogens with zero attached hydrogens (tertiary/aromatic N) is 1. The van der Waals surface area contributed by atoms with Gasteiger partial charge >= 0.3 is 11.9 Å². The number of aromatic amines is 1. The number of carbonyl (C=O) groups excluding carboxylic acids is 1. The zero-order valence-electron chi connectivity index (χ0n) is 12.4. The van der Waals surface area contributed by atoms with Crippen LogP contribution in [0.4, 0.5) is 4.39 Å². The van der Waals surface area contributed by atoms with E-state index in [9.17, 15) is 14.0 Å². The minimum Gasteiger partial charge on any atom is -0.478 e. The van der Waals surface area contributed by atoms with Gasteiger partial charge in [0.1, 0.15) is 28.5 Å². The van der Waals surface area contributed by atoms with E-state index >= 15 is 0 Å². The monoisotopic (exact) mass is 330 g/mol. The predicted molar refractivity (Wildman–Crippen MR) is 80.9 cm³/mol. The number of ether oxygens (including phenoxy) is 2. The molecule has 0 radical (unpaired) electrons. The van der Waals surface area contributed by atoms with Gasteiger partial charge < -0.3 is 19.6 Å². The van der Waals surface area contributed by atoms with Crippen molar-refractivity contribution in [2.24, 2.45) is 0 Å². The van der Waals surface area contributed by atoms with Gasteiger partial charge in [0.25, 0.3) is 0 Å². The van der Waals surface area contributed by atoms with E-state index in [-0.39, 0.29) is 22.6 Å². The van der Waals surface area contributed by atoms with Crippen molar-refractivity contribution in [1.82, 2.24) is 9.97 Å². The number of fused-ring (bicyclic) bond motifs is 1. The van der Waals surface area contributed by atoms with E-state index in [0.29, 0.717) is 11.0 Å². The van der Waals surface area contributed by atoms with Crippen LogP contribution in [0.5, 0.6) is 11.5 Å². The number of carbonyl (C=O) groups is 2. The number of nitrogens with one attached hydrogen (secondary N) is 1. The van der Waals surface area contributed by atoms with Crippen LogP contribution >= 0.6 is 0 Å². The third kappa shape index (κ3) is 2.76. The molecule has 1 aromatic carbocycles. The summed E-state index contributed by atoms with van der Waals surface area (Å²) in [6.07, 6.45) is 2.64. The van der Waals surface area contributed by atoms with Crippen LogP contribution in [-0.2, 0) is 4.74 Å². The first-order valence-electron chi connectivity index (χ1n) is 6.75. The average molecular weight is 330 g/mol. The molecule has 8 heteroatoms. The molecule has 0 aliphatic heterocycles. The van der Waals surface area contributed by atoms with Gasteiger partial charge in [-0.15, -0.1) is 0 Å². The quantitative estimate of drug-likeness (QED) is 0.713. The lowest BCUT2D eigenvalue weighted by atomic mass is 10.2. The number of aromatic nitrogens is 2. The van der Waals surface area contributed by atoms with Crippen LogP contribution in [0.25, 0.3) is 11.0 Å². The van der Waals surface area contributed by atoms with Crippen LogP contribution in [0.1, 0.15) is 20.7 Å². The highest BCUT2D eigenvalue weighted by molar-refractivity contribution is 6.02. The number of pyridine rings is 1. The van der Waals surface area contributed by atoms with Gasteiger partial charge in [0, 0.05) is 17.6 Å². The van der Waals surface area contributed by atoms with E-state index in [4.69, 9.17) is 9.84 Å². The third-order valence-corrected chi connectivity index (χ3v) is 3.31. The predicted octanol–water partition coefficient (Wildman–Crippen LogP) is 2.98. The molecule has 0 bridgehead atoms. The number of halogens is 1. The van der Waals surface area contributed by atoms with E-state index in [2.05, 4.69) is 14.7 Å². The number of carboxylic acid groups (broad SMARTS) is 1. The lowest BCUT2D eigenvalue weighted by Crippen LogP contribution is -2.04. The Morgan fingerprint density at radius 2 is 2.04 bits per heavy atom. The highest BCUT2D eigenvalue weighted by Gasteiger charge is 2.17. The molecule has 122 valence electrons. The highest BCUT2D eigenvalue weighted by atomic mass is 19.1. The first-order chi connectivity index (χ1) is 11.5. The van der Waals surface area contributed by atoms with Gasteiger partial charge in [-0.2, -0.15) is 0 Å². The van der Waals surface area contributed by atoms with Gasteiger partial charge in [0.2, 0.25) is 0 Å². The first kappa shape index (κ1) is 15.5. The molecule has 0 unspecified atom stereocenters. The Labute approximate surface area is 134 Å². The fraction of sp³-hybridized carbons (Fsp3) is 0.0625. The largest absolute Gasteiger partial charge is 0.478 e. The van der Waals surface area contributed by atoms with E-state index in [0.717, 1.165) is 12.1 Å². The summed E-state index contributed by atoms with van der Waals surface area (Å²) in [6.45, 7) is 0. The zero-order valence-corrected chi connectivity index (χ0v) is 12.4. The third-order valence-electron chi connectivity index (χ3n) is 3.31. The van der Waals surface area contributed by atoms with Crippen molar-refractivity contribution in [2.45, 2.75) is 0 Å². The summed E-state index contributed by atoms with van der Waals surface area (Å²) in [6, 6.07) is 4.82. The SMILES string of the molecule is COC(=O)c1ccc(F)cc1Oc1cnc2[nH]cc(C(=O)O)c2c1. The summed E-state index contributed by atoms with van der Waals surface area (Å²) in [5, 5.41) is 9.47. The Kier molecular flexibility index (Phi) is 3.87. The Morgan fingerprint density at radius 1 is 1.25 bits per heavy atom. The van der Waals surface area contributed by atoms with Crippen molar-refractivity contribution in [3.8, 4) is 11.5 Å². The van der Waals surface area contributed by atoms with Crippen LogP contribution in [0.2, 0.25) is 0 Å². The van der Waals surface area contributed by atoms with Gasteiger partial charge in [0.05, 0.1) is 18.9 Å². The molecule has 7 nitrogen and oxygen atoms in total. The summed E-state index contributed by atoms with van der Waals surface area (Å²) >= 11 is 0. The standard InChI is InChI=1S/C16H11FN2O5/c1-23-16(22)10-3-2-8(17)4-13(10)24-9-5-11-12(15(20)21)7-19-14(11)18-6-9/h2-7H,1H3,(H,18,19)(H,20,21). The van der Waals surface area contributed by atoms with Crippen molar-refractivity contribution in [3.05, 3.63) is 53.6 Å². The summed E-state index contributed by atoms with van der Waals surface area (Å²) < 4.78 is 23.6. The second kappa shape index (κ2) is 5.99. The molecule has 0 aliphatic rings. The molecule has 3 aromatic rings. The summed E-state index contributed by atoms with van der Waals surface area (Å²) in [4.78, 5) is 29.7. The second-order valence-electron chi connectivity index (χ2n) is 4.81. The minimum atomic E-state index is -1.12. The molecule has 2 aromatic heterocycles. The molecular weight excluding hydrogens is 319 g/mol. The average Bonchev–Trinajstić information content (AvgIpc) is 2.97. The molecular formula is C16H11FN2O5. The van der Waals surface area contributed by atoms with Crippen LogP contribution in [0.3, 0.4) is 0 Å². The number of benzene rings is 1. The molecule has 3 rings (SSSR count). The molecule has 0 fully saturated rings. The van der Waals surface area contributed by atoms with Crippen LogP contribution < -0.4 is 4.74 Å². The number of hydrogen-bond donors (Lipinski definition) is 2. The molecule has 0 aliphatic carbocycles. The Morgan fingerprint density at radius 3 is 2.75 bits per heavy atom. The topological polar surface area (TPSA) is 102 Å². The highest BCUT2D eigenvalue weighted by Crippen LogP contribution is 2.29. The van der Waals surface area contributed by atoms with Crippen LogP contribution in [0.15, 0.2) is 36.7 Å². The first-order valence-corrected chi connectivity index (χ1v) is 6.75. The lowest BCUT2D eigenvalue weighted by Gasteiger charge is -2.10. The zero-order chi connectivity index (χ0) is 17.3. The Hall–Kier alpha value is -3.42. The molecule has 2 N–H and O–H groups in total.